The molecular formula is C23H23NO7. The molecule has 0 amide bonds. The fraction of sp³-hybridized carbons (Fsp3) is 0.304. The van der Waals surface area contributed by atoms with E-state index in [2.05, 4.69) is 0 Å². The second kappa shape index (κ2) is 8.22. The van der Waals surface area contributed by atoms with Gasteiger partial charge in [-0.1, -0.05) is 6.92 Å². The highest BCUT2D eigenvalue weighted by atomic mass is 16.5. The van der Waals surface area contributed by atoms with E-state index in [1.165, 1.54) is 27.4 Å². The number of esters is 1. The number of hydrogen-bond acceptors (Lipinski definition) is 8. The summed E-state index contributed by atoms with van der Waals surface area (Å²) in [6, 6.07) is 8.58. The van der Waals surface area contributed by atoms with Crippen LogP contribution in [0, 0.1) is 0 Å². The molecule has 31 heavy (non-hydrogen) atoms. The number of benzene rings is 2. The number of hydrogen-bond donors (Lipinski definition) is 0. The molecule has 0 saturated heterocycles. The molecule has 2 aromatic carbocycles. The molecule has 8 nitrogen and oxygen atoms in total. The van der Waals surface area contributed by atoms with Crippen molar-refractivity contribution in [3.05, 3.63) is 57.4 Å². The second-order valence-electron chi connectivity index (χ2n) is 7.05. The molecule has 0 fully saturated rings. The number of carbonyl (C=O) groups excluding carboxylic acids is 1. The van der Waals surface area contributed by atoms with Gasteiger partial charge in [-0.3, -0.25) is 0 Å². The van der Waals surface area contributed by atoms with Crippen LogP contribution in [0.2, 0.25) is 0 Å². The van der Waals surface area contributed by atoms with Crippen LogP contribution in [0.15, 0.2) is 39.5 Å². The smallest absolute Gasteiger partial charge is 0.340 e. The van der Waals surface area contributed by atoms with Crippen LogP contribution in [0.4, 0.5) is 5.69 Å². The predicted molar refractivity (Wildman–Crippen MR) is 114 cm³/mol. The summed E-state index contributed by atoms with van der Waals surface area (Å²) in [4.78, 5) is 26.5. The van der Waals surface area contributed by atoms with E-state index in [1.807, 2.05) is 24.0 Å². The molecule has 0 bridgehead atoms. The van der Waals surface area contributed by atoms with Gasteiger partial charge in [0.2, 0.25) is 0 Å². The maximum absolute atomic E-state index is 12.5. The Kier molecular flexibility index (Phi) is 5.46. The minimum atomic E-state index is -0.514. The number of ether oxygens (including phenoxy) is 4. The summed E-state index contributed by atoms with van der Waals surface area (Å²) >= 11 is 0. The molecular weight excluding hydrogens is 402 g/mol. The van der Waals surface area contributed by atoms with Gasteiger partial charge in [-0.05, 0) is 24.1 Å². The zero-order chi connectivity index (χ0) is 22.1. The lowest BCUT2D eigenvalue weighted by molar-refractivity contribution is 0.0600. The van der Waals surface area contributed by atoms with Crippen LogP contribution in [0.3, 0.4) is 0 Å². The van der Waals surface area contributed by atoms with Crippen molar-refractivity contribution in [2.45, 2.75) is 19.9 Å². The molecule has 0 spiro atoms. The first-order valence-electron chi connectivity index (χ1n) is 9.81. The summed E-state index contributed by atoms with van der Waals surface area (Å²) in [5.74, 6) is 1.00. The summed E-state index contributed by atoms with van der Waals surface area (Å²) in [5, 5.41) is 0.867. The van der Waals surface area contributed by atoms with Gasteiger partial charge in [0.25, 0.3) is 0 Å². The van der Waals surface area contributed by atoms with Gasteiger partial charge >= 0.3 is 11.6 Å². The van der Waals surface area contributed by atoms with Gasteiger partial charge in [0.15, 0.2) is 18.2 Å². The van der Waals surface area contributed by atoms with E-state index in [-0.39, 0.29) is 6.73 Å². The van der Waals surface area contributed by atoms with Crippen LogP contribution in [-0.2, 0) is 17.7 Å². The fourth-order valence-corrected chi connectivity index (χ4v) is 3.85. The standard InChI is InChI=1S/C23H23NO7/c1-5-13-8-21(25)31-22-14(13)6-7-18-16(22)11-24(12-30-18)17-10-20(28-3)19(27-2)9-15(17)23(26)29-4/h6-10H,5,11-12H2,1-4H3. The van der Waals surface area contributed by atoms with Crippen LogP contribution in [0.1, 0.15) is 28.4 Å². The summed E-state index contributed by atoms with van der Waals surface area (Å²) in [7, 11) is 4.34. The number of carbonyl (C=O) groups is 1. The first-order valence-corrected chi connectivity index (χ1v) is 9.81. The molecule has 0 saturated carbocycles. The van der Waals surface area contributed by atoms with Crippen molar-refractivity contribution in [1.29, 1.82) is 0 Å². The molecule has 1 aliphatic rings. The molecule has 4 rings (SSSR count). The number of nitrogens with zero attached hydrogens (tertiary/aromatic N) is 1. The molecule has 1 aromatic heterocycles. The van der Waals surface area contributed by atoms with Gasteiger partial charge in [0.1, 0.15) is 11.3 Å². The van der Waals surface area contributed by atoms with E-state index >= 15 is 0 Å². The van der Waals surface area contributed by atoms with Gasteiger partial charge in [0, 0.05) is 23.6 Å². The Morgan fingerprint density at radius 2 is 1.84 bits per heavy atom. The van der Waals surface area contributed by atoms with Crippen LogP contribution in [0.5, 0.6) is 17.2 Å². The fourth-order valence-electron chi connectivity index (χ4n) is 3.85. The quantitative estimate of drug-likeness (QED) is 0.453. The molecule has 0 N–H and O–H groups in total. The maximum Gasteiger partial charge on any atom is 0.340 e. The van der Waals surface area contributed by atoms with Crippen LogP contribution >= 0.6 is 0 Å². The minimum absolute atomic E-state index is 0.190. The lowest BCUT2D eigenvalue weighted by Gasteiger charge is -2.32. The van der Waals surface area contributed by atoms with Crippen molar-refractivity contribution < 1.29 is 28.2 Å². The Labute approximate surface area is 178 Å². The van der Waals surface area contributed by atoms with Gasteiger partial charge in [-0.2, -0.15) is 0 Å². The van der Waals surface area contributed by atoms with Gasteiger partial charge in [-0.15, -0.1) is 0 Å². The molecule has 3 aromatic rings. The van der Waals surface area contributed by atoms with E-state index in [9.17, 15) is 9.59 Å². The average molecular weight is 425 g/mol. The van der Waals surface area contributed by atoms with Crippen molar-refractivity contribution >= 4 is 22.6 Å². The van der Waals surface area contributed by atoms with E-state index in [4.69, 9.17) is 23.4 Å². The topological polar surface area (TPSA) is 87.4 Å². The predicted octanol–water partition coefficient (Wildman–Crippen LogP) is 3.52. The van der Waals surface area contributed by atoms with E-state index in [0.717, 1.165) is 16.5 Å². The lowest BCUT2D eigenvalue weighted by atomic mass is 10.0. The van der Waals surface area contributed by atoms with Crippen molar-refractivity contribution in [2.75, 3.05) is 33.0 Å². The Morgan fingerprint density at radius 3 is 2.52 bits per heavy atom. The normalized spacial score (nSPS) is 12.8. The first kappa shape index (κ1) is 20.6. The summed E-state index contributed by atoms with van der Waals surface area (Å²) in [5.41, 5.74) is 2.60. The number of rotatable bonds is 5. The molecule has 1 aliphatic heterocycles. The zero-order valence-electron chi connectivity index (χ0n) is 17.8. The van der Waals surface area contributed by atoms with Crippen molar-refractivity contribution in [3.63, 3.8) is 0 Å². The summed E-state index contributed by atoms with van der Waals surface area (Å²) < 4.78 is 27.2. The molecule has 0 atom stereocenters. The Hall–Kier alpha value is -3.68. The minimum Gasteiger partial charge on any atom is -0.493 e. The molecule has 0 radical (unpaired) electrons. The summed E-state index contributed by atoms with van der Waals surface area (Å²) in [6.45, 7) is 2.54. The Morgan fingerprint density at radius 1 is 1.10 bits per heavy atom. The van der Waals surface area contributed by atoms with Crippen LogP contribution in [-0.4, -0.2) is 34.0 Å². The van der Waals surface area contributed by atoms with Gasteiger partial charge in [0.05, 0.1) is 44.7 Å². The van der Waals surface area contributed by atoms with E-state index in [0.29, 0.717) is 47.0 Å². The van der Waals surface area contributed by atoms with Crippen molar-refractivity contribution in [3.8, 4) is 17.2 Å². The first-order chi connectivity index (χ1) is 15.0. The van der Waals surface area contributed by atoms with E-state index < -0.39 is 11.6 Å². The third-order valence-electron chi connectivity index (χ3n) is 5.41. The van der Waals surface area contributed by atoms with Crippen molar-refractivity contribution in [2.24, 2.45) is 0 Å². The van der Waals surface area contributed by atoms with Crippen LogP contribution in [0.25, 0.3) is 11.0 Å². The highest BCUT2D eigenvalue weighted by Crippen LogP contribution is 2.39. The molecule has 162 valence electrons. The number of aryl methyl sites for hydroxylation is 1. The number of fused-ring (bicyclic) bond motifs is 3. The maximum atomic E-state index is 12.5. The highest BCUT2D eigenvalue weighted by Gasteiger charge is 2.27. The zero-order valence-corrected chi connectivity index (χ0v) is 17.8. The monoisotopic (exact) mass is 425 g/mol. The van der Waals surface area contributed by atoms with E-state index in [1.54, 1.807) is 12.1 Å². The number of anilines is 1. The molecule has 8 heteroatoms. The highest BCUT2D eigenvalue weighted by molar-refractivity contribution is 5.97. The largest absolute Gasteiger partial charge is 0.493 e. The Balaban J connectivity index is 1.86. The number of methoxy groups -OCH3 is 3. The second-order valence-corrected chi connectivity index (χ2v) is 7.05. The lowest BCUT2D eigenvalue weighted by Crippen LogP contribution is -2.33. The Bertz CT molecular complexity index is 1210. The molecule has 0 aliphatic carbocycles. The van der Waals surface area contributed by atoms with Gasteiger partial charge < -0.3 is 28.3 Å². The third-order valence-corrected chi connectivity index (χ3v) is 5.41. The van der Waals surface area contributed by atoms with Gasteiger partial charge in [-0.25, -0.2) is 9.59 Å². The van der Waals surface area contributed by atoms with Crippen molar-refractivity contribution in [1.82, 2.24) is 0 Å². The SMILES string of the molecule is CCc1cc(=O)oc2c3c(ccc12)OCN(c1cc(OC)c(OC)cc1C(=O)OC)C3. The average Bonchev–Trinajstić information content (AvgIpc) is 2.81. The summed E-state index contributed by atoms with van der Waals surface area (Å²) in [6.07, 6.45) is 0.702. The molecule has 2 heterocycles. The molecule has 0 unspecified atom stereocenters. The third kappa shape index (κ3) is 3.54. The van der Waals surface area contributed by atoms with Crippen LogP contribution < -0.4 is 24.7 Å².